The number of amidine groups is 1. The fourth-order valence-corrected chi connectivity index (χ4v) is 2.50. The zero-order valence-electron chi connectivity index (χ0n) is 10.7. The van der Waals surface area contributed by atoms with E-state index in [1.807, 2.05) is 0 Å². The molecule has 0 bridgehead atoms. The van der Waals surface area contributed by atoms with Crippen LogP contribution in [0.2, 0.25) is 5.02 Å². The molecule has 5 nitrogen and oxygen atoms in total. The van der Waals surface area contributed by atoms with E-state index in [4.69, 9.17) is 22.5 Å². The molecule has 0 atom stereocenters. The quantitative estimate of drug-likeness (QED) is 0.367. The van der Waals surface area contributed by atoms with Gasteiger partial charge in [0.1, 0.15) is 5.84 Å². The molecule has 1 fully saturated rings. The Labute approximate surface area is 130 Å². The molecule has 0 aromatic heterocycles. The number of hydrogen-bond acceptors (Lipinski definition) is 3. The lowest BCUT2D eigenvalue weighted by molar-refractivity contribution is 0.0747. The second kappa shape index (κ2) is 6.45. The topological polar surface area (TPSA) is 78.9 Å². The zero-order chi connectivity index (χ0) is 14.7. The Morgan fingerprint density at radius 1 is 1.55 bits per heavy atom. The number of nitrogens with two attached hydrogens (primary N) is 1. The molecular formula is C13H15BrClN3O2. The Bertz CT molecular complexity index is 546. The van der Waals surface area contributed by atoms with Crippen LogP contribution in [-0.2, 0) is 0 Å². The highest BCUT2D eigenvalue weighted by Gasteiger charge is 2.33. The van der Waals surface area contributed by atoms with E-state index in [1.54, 1.807) is 23.1 Å². The number of hydrogen-bond donors (Lipinski definition) is 2. The van der Waals surface area contributed by atoms with Crippen molar-refractivity contribution in [2.45, 2.75) is 25.3 Å². The first-order valence-corrected chi connectivity index (χ1v) is 7.42. The van der Waals surface area contributed by atoms with E-state index in [0.29, 0.717) is 23.6 Å². The Morgan fingerprint density at radius 3 is 2.85 bits per heavy atom. The van der Waals surface area contributed by atoms with Crippen molar-refractivity contribution in [1.29, 1.82) is 0 Å². The maximum absolute atomic E-state index is 12.6. The van der Waals surface area contributed by atoms with Crippen LogP contribution in [0.4, 0.5) is 0 Å². The molecule has 1 aliphatic carbocycles. The Morgan fingerprint density at radius 2 is 2.25 bits per heavy atom. The number of nitrogens with zero attached hydrogens (tertiary/aromatic N) is 2. The van der Waals surface area contributed by atoms with Gasteiger partial charge in [0.25, 0.3) is 5.91 Å². The molecule has 0 unspecified atom stereocenters. The smallest absolute Gasteiger partial charge is 0.255 e. The summed E-state index contributed by atoms with van der Waals surface area (Å²) in [5.74, 6) is -0.00618. The minimum absolute atomic E-state index is 0.115. The summed E-state index contributed by atoms with van der Waals surface area (Å²) in [6.07, 6.45) is 2.30. The van der Waals surface area contributed by atoms with Gasteiger partial charge in [0.2, 0.25) is 0 Å². The number of rotatable bonds is 5. The predicted octanol–water partition coefficient (Wildman–Crippen LogP) is 2.84. The molecule has 0 radical (unpaired) electrons. The molecule has 7 heteroatoms. The summed E-state index contributed by atoms with van der Waals surface area (Å²) >= 11 is 9.43. The minimum atomic E-state index is -0.121. The van der Waals surface area contributed by atoms with Crippen LogP contribution < -0.4 is 5.73 Å². The largest absolute Gasteiger partial charge is 0.409 e. The summed E-state index contributed by atoms with van der Waals surface area (Å²) in [5, 5.41) is 11.9. The SMILES string of the molecule is NC(CCN(C(=O)c1cc(Br)ccc1Cl)C1CC1)=NO. The fraction of sp³-hybridized carbons (Fsp3) is 0.385. The van der Waals surface area contributed by atoms with E-state index in [1.165, 1.54) is 0 Å². The number of carbonyl (C=O) groups is 1. The van der Waals surface area contributed by atoms with E-state index in [9.17, 15) is 4.79 Å². The van der Waals surface area contributed by atoms with E-state index < -0.39 is 0 Å². The number of oxime groups is 1. The first-order chi connectivity index (χ1) is 9.52. The molecule has 1 saturated carbocycles. The number of amides is 1. The lowest BCUT2D eigenvalue weighted by Crippen LogP contribution is -2.36. The molecule has 1 amide bonds. The molecule has 1 aromatic rings. The molecule has 2 rings (SSSR count). The van der Waals surface area contributed by atoms with Crippen molar-refractivity contribution in [2.75, 3.05) is 6.54 Å². The maximum Gasteiger partial charge on any atom is 0.255 e. The van der Waals surface area contributed by atoms with Gasteiger partial charge in [-0.05, 0) is 31.0 Å². The van der Waals surface area contributed by atoms with Crippen molar-refractivity contribution >= 4 is 39.3 Å². The summed E-state index contributed by atoms with van der Waals surface area (Å²) < 4.78 is 0.803. The van der Waals surface area contributed by atoms with Gasteiger partial charge in [-0.25, -0.2) is 0 Å². The lowest BCUT2D eigenvalue weighted by atomic mass is 10.2. The van der Waals surface area contributed by atoms with Crippen LogP contribution in [0.5, 0.6) is 0 Å². The molecule has 0 saturated heterocycles. The van der Waals surface area contributed by atoms with E-state index in [0.717, 1.165) is 17.3 Å². The van der Waals surface area contributed by atoms with Crippen LogP contribution in [0.15, 0.2) is 27.8 Å². The first kappa shape index (κ1) is 15.1. The van der Waals surface area contributed by atoms with Crippen LogP contribution in [0.3, 0.4) is 0 Å². The van der Waals surface area contributed by atoms with Gasteiger partial charge in [-0.2, -0.15) is 0 Å². The molecule has 0 heterocycles. The van der Waals surface area contributed by atoms with Gasteiger partial charge in [-0.15, -0.1) is 0 Å². The Balaban J connectivity index is 2.16. The van der Waals surface area contributed by atoms with Gasteiger partial charge in [0, 0.05) is 23.5 Å². The van der Waals surface area contributed by atoms with Crippen molar-refractivity contribution < 1.29 is 10.0 Å². The molecule has 20 heavy (non-hydrogen) atoms. The van der Waals surface area contributed by atoms with Crippen LogP contribution in [0.25, 0.3) is 0 Å². The van der Waals surface area contributed by atoms with Gasteiger partial charge in [-0.3, -0.25) is 4.79 Å². The standard InChI is InChI=1S/C13H15BrClN3O2/c14-8-1-4-11(15)10(7-8)13(19)18(9-2-3-9)6-5-12(16)17-20/h1,4,7,9,20H,2-3,5-6H2,(H2,16,17). The molecular weight excluding hydrogens is 346 g/mol. The highest BCUT2D eigenvalue weighted by atomic mass is 79.9. The highest BCUT2D eigenvalue weighted by molar-refractivity contribution is 9.10. The van der Waals surface area contributed by atoms with Crippen LogP contribution in [0, 0.1) is 0 Å². The third-order valence-electron chi connectivity index (χ3n) is 3.14. The molecule has 108 valence electrons. The second-order valence-electron chi connectivity index (χ2n) is 4.70. The van der Waals surface area contributed by atoms with Crippen molar-refractivity contribution in [3.8, 4) is 0 Å². The van der Waals surface area contributed by atoms with Gasteiger partial charge in [0.05, 0.1) is 10.6 Å². The summed E-state index contributed by atoms with van der Waals surface area (Å²) in [6, 6.07) is 5.41. The van der Waals surface area contributed by atoms with Crippen molar-refractivity contribution in [2.24, 2.45) is 10.9 Å². The normalized spacial score (nSPS) is 15.2. The third kappa shape index (κ3) is 3.64. The molecule has 3 N–H and O–H groups in total. The zero-order valence-corrected chi connectivity index (χ0v) is 13.1. The van der Waals surface area contributed by atoms with E-state index >= 15 is 0 Å². The van der Waals surface area contributed by atoms with Gasteiger partial charge in [-0.1, -0.05) is 32.7 Å². The van der Waals surface area contributed by atoms with Crippen LogP contribution in [-0.4, -0.2) is 34.4 Å². The minimum Gasteiger partial charge on any atom is -0.409 e. The van der Waals surface area contributed by atoms with Crippen LogP contribution >= 0.6 is 27.5 Å². The fourth-order valence-electron chi connectivity index (χ4n) is 1.94. The molecule has 0 spiro atoms. The number of carbonyl (C=O) groups excluding carboxylic acids is 1. The summed E-state index contributed by atoms with van der Waals surface area (Å²) in [7, 11) is 0. The molecule has 1 aliphatic rings. The van der Waals surface area contributed by atoms with Gasteiger partial charge < -0.3 is 15.8 Å². The summed E-state index contributed by atoms with van der Waals surface area (Å²) in [5.41, 5.74) is 5.93. The third-order valence-corrected chi connectivity index (χ3v) is 3.97. The average molecular weight is 361 g/mol. The first-order valence-electron chi connectivity index (χ1n) is 6.25. The van der Waals surface area contributed by atoms with Crippen molar-refractivity contribution in [3.63, 3.8) is 0 Å². The number of benzene rings is 1. The Kier molecular flexibility index (Phi) is 4.88. The van der Waals surface area contributed by atoms with Crippen LogP contribution in [0.1, 0.15) is 29.6 Å². The summed E-state index contributed by atoms with van der Waals surface area (Å²) in [4.78, 5) is 14.3. The number of halogens is 2. The second-order valence-corrected chi connectivity index (χ2v) is 6.02. The molecule has 1 aromatic carbocycles. The average Bonchev–Trinajstić information content (AvgIpc) is 3.25. The highest BCUT2D eigenvalue weighted by Crippen LogP contribution is 2.30. The van der Waals surface area contributed by atoms with Gasteiger partial charge in [0.15, 0.2) is 0 Å². The maximum atomic E-state index is 12.6. The lowest BCUT2D eigenvalue weighted by Gasteiger charge is -2.22. The monoisotopic (exact) mass is 359 g/mol. The van der Waals surface area contributed by atoms with Crippen molar-refractivity contribution in [3.05, 3.63) is 33.3 Å². The van der Waals surface area contributed by atoms with E-state index in [-0.39, 0.29) is 17.8 Å². The Hall–Kier alpha value is -1.27. The molecule has 0 aliphatic heterocycles. The van der Waals surface area contributed by atoms with E-state index in [2.05, 4.69) is 21.1 Å². The van der Waals surface area contributed by atoms with Crippen molar-refractivity contribution in [1.82, 2.24) is 4.90 Å². The van der Waals surface area contributed by atoms with Gasteiger partial charge >= 0.3 is 0 Å². The predicted molar refractivity (Wildman–Crippen MR) is 81.2 cm³/mol. The summed E-state index contributed by atoms with van der Waals surface area (Å²) in [6.45, 7) is 0.419.